The van der Waals surface area contributed by atoms with E-state index < -0.39 is 11.9 Å². The summed E-state index contributed by atoms with van der Waals surface area (Å²) in [5.41, 5.74) is 2.71. The van der Waals surface area contributed by atoms with Crippen LogP contribution in [0.5, 0.6) is 11.5 Å². The molecule has 0 bridgehead atoms. The van der Waals surface area contributed by atoms with E-state index >= 15 is 0 Å². The van der Waals surface area contributed by atoms with Crippen molar-refractivity contribution in [2.45, 2.75) is 25.9 Å². The molecule has 2 aromatic carbocycles. The number of carbonyl (C=O) groups excluding carboxylic acids is 2. The first-order valence-corrected chi connectivity index (χ1v) is 8.92. The van der Waals surface area contributed by atoms with Crippen LogP contribution in [-0.2, 0) is 17.8 Å². The molecule has 1 aliphatic heterocycles. The van der Waals surface area contributed by atoms with E-state index in [2.05, 4.69) is 11.4 Å². The zero-order valence-electron chi connectivity index (χ0n) is 15.8. The van der Waals surface area contributed by atoms with Crippen molar-refractivity contribution < 1.29 is 19.1 Å². The molecule has 1 N–H and O–H groups in total. The van der Waals surface area contributed by atoms with Crippen LogP contribution in [0.1, 0.15) is 28.4 Å². The standard InChI is InChI=1S/C21H24N2O4/c1-14(21(25)23-12-11-15-7-4-5-8-16(15)13-23)22-20(24)19-17(26-2)9-6-10-18(19)27-3/h4-10,14H,11-13H2,1-3H3,(H,22,24)/t14-/m1/s1. The average molecular weight is 368 g/mol. The molecule has 6 heteroatoms. The fourth-order valence-electron chi connectivity index (χ4n) is 3.36. The molecule has 1 heterocycles. The number of ether oxygens (including phenoxy) is 2. The number of fused-ring (bicyclic) bond motifs is 1. The Balaban J connectivity index is 1.71. The van der Waals surface area contributed by atoms with E-state index in [1.807, 2.05) is 18.2 Å². The van der Waals surface area contributed by atoms with Crippen molar-refractivity contribution in [3.05, 3.63) is 59.2 Å². The van der Waals surface area contributed by atoms with Crippen LogP contribution in [0.4, 0.5) is 0 Å². The molecule has 1 atom stereocenters. The lowest BCUT2D eigenvalue weighted by molar-refractivity contribution is -0.133. The summed E-state index contributed by atoms with van der Waals surface area (Å²) in [6, 6.07) is 12.6. The number of nitrogens with zero attached hydrogens (tertiary/aromatic N) is 1. The van der Waals surface area contributed by atoms with Gasteiger partial charge in [-0.2, -0.15) is 0 Å². The maximum absolute atomic E-state index is 12.8. The topological polar surface area (TPSA) is 67.9 Å². The van der Waals surface area contributed by atoms with Crippen molar-refractivity contribution in [3.63, 3.8) is 0 Å². The number of rotatable bonds is 5. The predicted octanol–water partition coefficient (Wildman–Crippen LogP) is 2.41. The molecule has 0 aliphatic carbocycles. The van der Waals surface area contributed by atoms with Gasteiger partial charge in [-0.05, 0) is 36.6 Å². The molecular weight excluding hydrogens is 344 g/mol. The van der Waals surface area contributed by atoms with E-state index in [0.29, 0.717) is 24.6 Å². The van der Waals surface area contributed by atoms with Crippen molar-refractivity contribution >= 4 is 11.8 Å². The third kappa shape index (κ3) is 3.89. The van der Waals surface area contributed by atoms with Crippen molar-refractivity contribution in [1.82, 2.24) is 10.2 Å². The Bertz CT molecular complexity index is 828. The number of carbonyl (C=O) groups is 2. The molecule has 0 fully saturated rings. The minimum absolute atomic E-state index is 0.105. The summed E-state index contributed by atoms with van der Waals surface area (Å²) < 4.78 is 10.5. The van der Waals surface area contributed by atoms with Crippen LogP contribution in [0.25, 0.3) is 0 Å². The van der Waals surface area contributed by atoms with E-state index in [4.69, 9.17) is 9.47 Å². The second-order valence-electron chi connectivity index (χ2n) is 6.51. The Hall–Kier alpha value is -3.02. The van der Waals surface area contributed by atoms with Crippen molar-refractivity contribution in [2.24, 2.45) is 0 Å². The minimum Gasteiger partial charge on any atom is -0.496 e. The van der Waals surface area contributed by atoms with Gasteiger partial charge < -0.3 is 19.7 Å². The molecule has 6 nitrogen and oxygen atoms in total. The number of hydrogen-bond acceptors (Lipinski definition) is 4. The first-order valence-electron chi connectivity index (χ1n) is 8.92. The summed E-state index contributed by atoms with van der Waals surface area (Å²) >= 11 is 0. The fraction of sp³-hybridized carbons (Fsp3) is 0.333. The van der Waals surface area contributed by atoms with Gasteiger partial charge in [-0.15, -0.1) is 0 Å². The summed E-state index contributed by atoms with van der Waals surface area (Å²) in [7, 11) is 2.98. The number of hydrogen-bond donors (Lipinski definition) is 1. The van der Waals surface area contributed by atoms with Gasteiger partial charge in [-0.25, -0.2) is 0 Å². The van der Waals surface area contributed by atoms with Crippen molar-refractivity contribution in [3.8, 4) is 11.5 Å². The van der Waals surface area contributed by atoms with E-state index in [1.54, 1.807) is 30.0 Å². The summed E-state index contributed by atoms with van der Waals surface area (Å²) in [4.78, 5) is 27.4. The molecule has 0 saturated heterocycles. The van der Waals surface area contributed by atoms with Gasteiger partial charge in [-0.3, -0.25) is 9.59 Å². The smallest absolute Gasteiger partial charge is 0.259 e. The van der Waals surface area contributed by atoms with Crippen LogP contribution in [0.2, 0.25) is 0 Å². The lowest BCUT2D eigenvalue weighted by Gasteiger charge is -2.31. The lowest BCUT2D eigenvalue weighted by atomic mass is 9.99. The summed E-state index contributed by atoms with van der Waals surface area (Å²) in [5.74, 6) is 0.297. The SMILES string of the molecule is COc1cccc(OC)c1C(=O)N[C@H](C)C(=O)N1CCc2ccccc2C1. The van der Waals surface area contributed by atoms with Crippen molar-refractivity contribution in [1.29, 1.82) is 0 Å². The second-order valence-corrected chi connectivity index (χ2v) is 6.51. The van der Waals surface area contributed by atoms with E-state index in [9.17, 15) is 9.59 Å². The van der Waals surface area contributed by atoms with Crippen LogP contribution in [-0.4, -0.2) is 43.5 Å². The van der Waals surface area contributed by atoms with Crippen LogP contribution < -0.4 is 14.8 Å². The zero-order valence-corrected chi connectivity index (χ0v) is 15.8. The lowest BCUT2D eigenvalue weighted by Crippen LogP contribution is -2.48. The molecule has 0 aromatic heterocycles. The van der Waals surface area contributed by atoms with Gasteiger partial charge >= 0.3 is 0 Å². The minimum atomic E-state index is -0.655. The number of amides is 2. The normalized spacial score (nSPS) is 14.1. The first-order chi connectivity index (χ1) is 13.0. The van der Waals surface area contributed by atoms with E-state index in [-0.39, 0.29) is 11.5 Å². The molecule has 0 saturated carbocycles. The Morgan fingerprint density at radius 3 is 2.26 bits per heavy atom. The Morgan fingerprint density at radius 1 is 1.00 bits per heavy atom. The highest BCUT2D eigenvalue weighted by atomic mass is 16.5. The van der Waals surface area contributed by atoms with E-state index in [0.717, 1.165) is 12.0 Å². The molecule has 0 radical (unpaired) electrons. The molecule has 2 aromatic rings. The van der Waals surface area contributed by atoms with Gasteiger partial charge in [0, 0.05) is 13.1 Å². The van der Waals surface area contributed by atoms with Crippen LogP contribution >= 0.6 is 0 Å². The van der Waals surface area contributed by atoms with Gasteiger partial charge in [0.1, 0.15) is 23.1 Å². The Morgan fingerprint density at radius 2 is 1.63 bits per heavy atom. The van der Waals surface area contributed by atoms with Gasteiger partial charge in [0.05, 0.1) is 14.2 Å². The molecule has 27 heavy (non-hydrogen) atoms. The summed E-state index contributed by atoms with van der Waals surface area (Å²) in [6.45, 7) is 2.91. The molecule has 0 unspecified atom stereocenters. The first kappa shape index (κ1) is 18.8. The third-order valence-electron chi connectivity index (χ3n) is 4.82. The zero-order chi connectivity index (χ0) is 19.4. The second kappa shape index (κ2) is 8.12. The van der Waals surface area contributed by atoms with Crippen LogP contribution in [0, 0.1) is 0 Å². The van der Waals surface area contributed by atoms with Gasteiger partial charge in [-0.1, -0.05) is 30.3 Å². The highest BCUT2D eigenvalue weighted by molar-refractivity contribution is 6.01. The highest BCUT2D eigenvalue weighted by Gasteiger charge is 2.27. The summed E-state index contributed by atoms with van der Waals surface area (Å²) in [6.07, 6.45) is 0.822. The number of benzene rings is 2. The quantitative estimate of drug-likeness (QED) is 0.880. The van der Waals surface area contributed by atoms with Crippen molar-refractivity contribution in [2.75, 3.05) is 20.8 Å². The Kier molecular flexibility index (Phi) is 5.64. The molecule has 2 amide bonds. The predicted molar refractivity (Wildman–Crippen MR) is 102 cm³/mol. The Labute approximate surface area is 159 Å². The van der Waals surface area contributed by atoms with Gasteiger partial charge in [0.15, 0.2) is 0 Å². The molecule has 3 rings (SSSR count). The maximum atomic E-state index is 12.8. The molecule has 1 aliphatic rings. The number of methoxy groups -OCH3 is 2. The van der Waals surface area contributed by atoms with Gasteiger partial charge in [0.25, 0.3) is 5.91 Å². The van der Waals surface area contributed by atoms with Crippen LogP contribution in [0.15, 0.2) is 42.5 Å². The van der Waals surface area contributed by atoms with E-state index in [1.165, 1.54) is 19.8 Å². The monoisotopic (exact) mass is 368 g/mol. The molecule has 142 valence electrons. The fourth-order valence-corrected chi connectivity index (χ4v) is 3.36. The average Bonchev–Trinajstić information content (AvgIpc) is 2.71. The molecule has 0 spiro atoms. The molecular formula is C21H24N2O4. The number of nitrogens with one attached hydrogen (secondary N) is 1. The summed E-state index contributed by atoms with van der Waals surface area (Å²) in [5, 5.41) is 2.78. The van der Waals surface area contributed by atoms with Crippen LogP contribution in [0.3, 0.4) is 0 Å². The largest absolute Gasteiger partial charge is 0.496 e. The highest BCUT2D eigenvalue weighted by Crippen LogP contribution is 2.28. The maximum Gasteiger partial charge on any atom is 0.259 e. The third-order valence-corrected chi connectivity index (χ3v) is 4.82. The van der Waals surface area contributed by atoms with Gasteiger partial charge in [0.2, 0.25) is 5.91 Å².